The van der Waals surface area contributed by atoms with E-state index in [4.69, 9.17) is 0 Å². The van der Waals surface area contributed by atoms with Gasteiger partial charge in [-0.1, -0.05) is 36.4 Å². The van der Waals surface area contributed by atoms with E-state index >= 15 is 0 Å². The maximum absolute atomic E-state index is 12.9. The third-order valence-electron chi connectivity index (χ3n) is 5.54. The Morgan fingerprint density at radius 2 is 1.94 bits per heavy atom. The van der Waals surface area contributed by atoms with Crippen LogP contribution in [-0.4, -0.2) is 50.8 Å². The van der Waals surface area contributed by atoms with E-state index in [0.29, 0.717) is 17.9 Å². The summed E-state index contributed by atoms with van der Waals surface area (Å²) in [6.45, 7) is 3.41. The first-order valence-corrected chi connectivity index (χ1v) is 12.2. The van der Waals surface area contributed by atoms with Gasteiger partial charge in [-0.15, -0.1) is 4.21 Å². The number of hydrogen-bond donors (Lipinski definition) is 1. The summed E-state index contributed by atoms with van der Waals surface area (Å²) in [4.78, 5) is 19.9. The Morgan fingerprint density at radius 1 is 1.13 bits per heavy atom. The number of hydrogen-bond acceptors (Lipinski definition) is 5. The Morgan fingerprint density at radius 3 is 2.71 bits per heavy atom. The first-order valence-electron chi connectivity index (χ1n) is 10.3. The van der Waals surface area contributed by atoms with Crippen LogP contribution in [0.5, 0.6) is 0 Å². The molecular weight excluding hydrogens is 412 g/mol. The van der Waals surface area contributed by atoms with Crippen molar-refractivity contribution < 1.29 is 13.6 Å². The summed E-state index contributed by atoms with van der Waals surface area (Å²) in [6.07, 6.45) is 4.53. The molecular formula is C23H26N4O3S. The van der Waals surface area contributed by atoms with Crippen LogP contribution in [0.4, 0.5) is 5.69 Å². The van der Waals surface area contributed by atoms with E-state index in [1.54, 1.807) is 18.3 Å². The van der Waals surface area contributed by atoms with Gasteiger partial charge < -0.3 is 19.3 Å². The van der Waals surface area contributed by atoms with Crippen LogP contribution in [0.25, 0.3) is 0 Å². The second kappa shape index (κ2) is 9.13. The quantitative estimate of drug-likeness (QED) is 0.598. The highest BCUT2D eigenvalue weighted by molar-refractivity contribution is 7.97. The normalized spacial score (nSPS) is 16.2. The molecule has 0 bridgehead atoms. The highest BCUT2D eigenvalue weighted by Gasteiger charge is 2.21. The number of benzene rings is 2. The number of anilines is 1. The predicted molar refractivity (Wildman–Crippen MR) is 120 cm³/mol. The molecule has 1 aromatic heterocycles. The van der Waals surface area contributed by atoms with E-state index in [9.17, 15) is 13.6 Å². The molecule has 7 nitrogen and oxygen atoms in total. The van der Waals surface area contributed by atoms with Gasteiger partial charge in [0.05, 0.1) is 16.4 Å². The molecule has 1 aliphatic heterocycles. The van der Waals surface area contributed by atoms with Crippen molar-refractivity contribution in [2.45, 2.75) is 24.3 Å². The van der Waals surface area contributed by atoms with E-state index in [0.717, 1.165) is 44.6 Å². The van der Waals surface area contributed by atoms with E-state index in [1.807, 2.05) is 10.6 Å². The van der Waals surface area contributed by atoms with Crippen LogP contribution in [0.1, 0.15) is 21.9 Å². The lowest BCUT2D eigenvalue weighted by atomic mass is 10.1. The van der Waals surface area contributed by atoms with Crippen LogP contribution in [0.15, 0.2) is 65.7 Å². The monoisotopic (exact) mass is 438 g/mol. The number of nitrogens with zero attached hydrogens (tertiary/aromatic N) is 3. The van der Waals surface area contributed by atoms with Crippen LogP contribution in [0, 0.1) is 0 Å². The van der Waals surface area contributed by atoms with E-state index in [-0.39, 0.29) is 10.8 Å². The standard InChI is InChI=1S/C23H26N4O3S/c1-31(29,30)20-9-5-8-19(16-20)25-23(28)21-17-24-22-11-13-26(14-15-27(21)22)12-10-18-6-3-2-4-7-18/h2-9,16-17H,10-15H2,1H3,(H-,25,28,29,30). The van der Waals surface area contributed by atoms with Crippen LogP contribution in [0.2, 0.25) is 0 Å². The zero-order valence-electron chi connectivity index (χ0n) is 17.5. The molecule has 1 atom stereocenters. The van der Waals surface area contributed by atoms with Gasteiger partial charge in [-0.05, 0) is 24.1 Å². The van der Waals surface area contributed by atoms with Crippen molar-refractivity contribution in [2.24, 2.45) is 0 Å². The number of nitrogens with one attached hydrogen (secondary N) is 1. The molecule has 162 valence electrons. The molecule has 4 rings (SSSR count). The molecule has 1 unspecified atom stereocenters. The Bertz CT molecular complexity index is 1110. The molecule has 0 saturated heterocycles. The molecule has 1 N–H and O–H groups in total. The fourth-order valence-corrected chi connectivity index (χ4v) is 4.48. The minimum Gasteiger partial charge on any atom is -0.610 e. The average Bonchev–Trinajstić information content (AvgIpc) is 3.06. The lowest BCUT2D eigenvalue weighted by Gasteiger charge is -2.19. The van der Waals surface area contributed by atoms with Crippen LogP contribution in [-0.2, 0) is 33.8 Å². The SMILES string of the molecule is C[S+](=O)([O-])c1cccc(NC(=O)c2cnc3n2CCN(CCc2ccccc2)CC3)c1. The lowest BCUT2D eigenvalue weighted by Crippen LogP contribution is -2.29. The first kappa shape index (κ1) is 21.4. The predicted octanol–water partition coefficient (Wildman–Crippen LogP) is 2.85. The van der Waals surface area contributed by atoms with E-state index in [1.165, 1.54) is 17.7 Å². The van der Waals surface area contributed by atoms with Crippen molar-refractivity contribution in [3.05, 3.63) is 77.9 Å². The Balaban J connectivity index is 1.41. The van der Waals surface area contributed by atoms with Gasteiger partial charge in [0.1, 0.15) is 17.8 Å². The number of fused-ring (bicyclic) bond motifs is 1. The number of carbonyl (C=O) groups excluding carboxylic acids is 1. The summed E-state index contributed by atoms with van der Waals surface area (Å²) >= 11 is 0. The summed E-state index contributed by atoms with van der Waals surface area (Å²) in [6, 6.07) is 16.7. The number of amides is 1. The summed E-state index contributed by atoms with van der Waals surface area (Å²) in [5.74, 6) is 0.611. The van der Waals surface area contributed by atoms with Gasteiger partial charge in [-0.2, -0.15) is 0 Å². The fourth-order valence-electron chi connectivity index (χ4n) is 3.81. The zero-order chi connectivity index (χ0) is 21.8. The van der Waals surface area contributed by atoms with Crippen LogP contribution in [0.3, 0.4) is 0 Å². The molecule has 0 saturated carbocycles. The third kappa shape index (κ3) is 5.28. The maximum atomic E-state index is 12.9. The van der Waals surface area contributed by atoms with Crippen molar-refractivity contribution in [2.75, 3.05) is 31.2 Å². The molecule has 0 radical (unpaired) electrons. The molecule has 2 heterocycles. The number of aromatic nitrogens is 2. The van der Waals surface area contributed by atoms with Crippen molar-refractivity contribution in [1.29, 1.82) is 0 Å². The van der Waals surface area contributed by atoms with Crippen molar-refractivity contribution in [3.63, 3.8) is 0 Å². The molecule has 1 aliphatic rings. The third-order valence-corrected chi connectivity index (χ3v) is 6.65. The average molecular weight is 439 g/mol. The highest BCUT2D eigenvalue weighted by Crippen LogP contribution is 2.20. The number of sulfone groups is 1. The largest absolute Gasteiger partial charge is 0.610 e. The molecule has 0 aliphatic carbocycles. The summed E-state index contributed by atoms with van der Waals surface area (Å²) < 4.78 is 25.5. The Hall–Kier alpha value is -2.81. The van der Waals surface area contributed by atoms with Gasteiger partial charge in [0.25, 0.3) is 5.91 Å². The van der Waals surface area contributed by atoms with Gasteiger partial charge in [0, 0.05) is 44.4 Å². The van der Waals surface area contributed by atoms with Gasteiger partial charge in [-0.3, -0.25) is 4.79 Å². The minimum absolute atomic E-state index is 0.173. The topological polar surface area (TPSA) is 90.3 Å². The second-order valence-electron chi connectivity index (χ2n) is 7.79. The highest BCUT2D eigenvalue weighted by atomic mass is 32.3. The van der Waals surface area contributed by atoms with Crippen molar-refractivity contribution in [1.82, 2.24) is 14.5 Å². The van der Waals surface area contributed by atoms with Gasteiger partial charge in [-0.25, -0.2) is 4.98 Å². The maximum Gasteiger partial charge on any atom is 0.273 e. The second-order valence-corrected chi connectivity index (χ2v) is 9.81. The molecule has 0 fully saturated rings. The smallest absolute Gasteiger partial charge is 0.273 e. The number of carbonyl (C=O) groups is 1. The van der Waals surface area contributed by atoms with Crippen molar-refractivity contribution >= 4 is 21.8 Å². The Labute approximate surface area is 183 Å². The Kier molecular flexibility index (Phi) is 6.31. The molecule has 31 heavy (non-hydrogen) atoms. The van der Waals surface area contributed by atoms with Gasteiger partial charge in [0.2, 0.25) is 0 Å². The molecule has 2 aromatic carbocycles. The van der Waals surface area contributed by atoms with Crippen LogP contribution >= 0.6 is 0 Å². The molecule has 8 heteroatoms. The van der Waals surface area contributed by atoms with Crippen LogP contribution < -0.4 is 5.32 Å². The molecule has 1 amide bonds. The fraction of sp³-hybridized carbons (Fsp3) is 0.304. The zero-order valence-corrected chi connectivity index (χ0v) is 18.3. The summed E-state index contributed by atoms with van der Waals surface area (Å²) in [7, 11) is -3.34. The van der Waals surface area contributed by atoms with Crippen molar-refractivity contribution in [3.8, 4) is 0 Å². The minimum atomic E-state index is -3.34. The van der Waals surface area contributed by atoms with Gasteiger partial charge >= 0.3 is 0 Å². The molecule has 0 spiro atoms. The molecule has 3 aromatic rings. The summed E-state index contributed by atoms with van der Waals surface area (Å²) in [5, 5.41) is 2.81. The summed E-state index contributed by atoms with van der Waals surface area (Å²) in [5.41, 5.74) is 2.26. The van der Waals surface area contributed by atoms with Gasteiger partial charge in [0.15, 0.2) is 4.90 Å². The number of imidazole rings is 1. The van der Waals surface area contributed by atoms with E-state index in [2.05, 4.69) is 39.5 Å². The first-order chi connectivity index (χ1) is 14.9. The number of rotatable bonds is 6. The lowest BCUT2D eigenvalue weighted by molar-refractivity contribution is 0.101. The van der Waals surface area contributed by atoms with E-state index < -0.39 is 10.2 Å².